The van der Waals surface area contributed by atoms with Crippen molar-refractivity contribution in [2.75, 3.05) is 6.54 Å². The minimum absolute atomic E-state index is 0.249. The molecule has 2 nitrogen and oxygen atoms in total. The average Bonchev–Trinajstić information content (AvgIpc) is 3.05. The predicted molar refractivity (Wildman–Crippen MR) is 56.8 cm³/mol. The summed E-state index contributed by atoms with van der Waals surface area (Å²) in [5.41, 5.74) is 5.75. The van der Waals surface area contributed by atoms with Gasteiger partial charge in [0.05, 0.1) is 5.60 Å². The van der Waals surface area contributed by atoms with Crippen molar-refractivity contribution < 1.29 is 9.50 Å². The maximum atomic E-state index is 12.7. The number of halogens is 1. The van der Waals surface area contributed by atoms with Gasteiger partial charge in [0, 0.05) is 13.0 Å². The van der Waals surface area contributed by atoms with E-state index in [4.69, 9.17) is 5.73 Å². The van der Waals surface area contributed by atoms with E-state index in [0.29, 0.717) is 12.3 Å². The molecule has 1 fully saturated rings. The van der Waals surface area contributed by atoms with Crippen LogP contribution in [0, 0.1) is 11.7 Å². The summed E-state index contributed by atoms with van der Waals surface area (Å²) in [4.78, 5) is 0. The van der Waals surface area contributed by atoms with Crippen LogP contribution in [0.3, 0.4) is 0 Å². The largest absolute Gasteiger partial charge is 0.388 e. The van der Waals surface area contributed by atoms with Gasteiger partial charge in [0.15, 0.2) is 0 Å². The zero-order chi connectivity index (χ0) is 10.9. The fraction of sp³-hybridized carbons (Fsp3) is 0.500. The van der Waals surface area contributed by atoms with Gasteiger partial charge in [-0.25, -0.2) is 4.39 Å². The summed E-state index contributed by atoms with van der Waals surface area (Å²) in [6, 6.07) is 6.25. The van der Waals surface area contributed by atoms with Crippen LogP contribution in [-0.2, 0) is 6.42 Å². The zero-order valence-corrected chi connectivity index (χ0v) is 8.62. The summed E-state index contributed by atoms with van der Waals surface area (Å²) >= 11 is 0. The number of hydrogen-bond donors (Lipinski definition) is 2. The van der Waals surface area contributed by atoms with Gasteiger partial charge in [-0.15, -0.1) is 0 Å². The molecule has 2 rings (SSSR count). The van der Waals surface area contributed by atoms with Crippen molar-refractivity contribution in [3.05, 3.63) is 35.6 Å². The summed E-state index contributed by atoms with van der Waals surface area (Å²) in [5.74, 6) is 0.0778. The van der Waals surface area contributed by atoms with E-state index < -0.39 is 5.60 Å². The van der Waals surface area contributed by atoms with E-state index in [1.807, 2.05) is 0 Å². The third kappa shape index (κ3) is 2.36. The molecular formula is C12H16FNO. The molecule has 1 aliphatic rings. The summed E-state index contributed by atoms with van der Waals surface area (Å²) in [7, 11) is 0. The molecule has 0 saturated heterocycles. The van der Waals surface area contributed by atoms with Crippen molar-refractivity contribution in [2.24, 2.45) is 11.7 Å². The summed E-state index contributed by atoms with van der Waals surface area (Å²) in [6.07, 6.45) is 2.62. The van der Waals surface area contributed by atoms with Gasteiger partial charge in [-0.3, -0.25) is 0 Å². The Balaban J connectivity index is 2.09. The van der Waals surface area contributed by atoms with E-state index in [2.05, 4.69) is 0 Å². The maximum absolute atomic E-state index is 12.7. The van der Waals surface area contributed by atoms with Gasteiger partial charge in [-0.05, 0) is 36.5 Å². The molecule has 15 heavy (non-hydrogen) atoms. The zero-order valence-electron chi connectivity index (χ0n) is 8.62. The second-order valence-electron chi connectivity index (χ2n) is 4.39. The molecule has 3 heteroatoms. The number of hydrogen-bond acceptors (Lipinski definition) is 2. The van der Waals surface area contributed by atoms with Crippen LogP contribution in [0.15, 0.2) is 24.3 Å². The van der Waals surface area contributed by atoms with Gasteiger partial charge >= 0.3 is 0 Å². The first-order chi connectivity index (χ1) is 7.14. The molecule has 1 saturated carbocycles. The SMILES string of the molecule is NCC(O)(Cc1ccc(F)cc1)C1CC1. The average molecular weight is 209 g/mol. The lowest BCUT2D eigenvalue weighted by atomic mass is 9.90. The predicted octanol–water partition coefficient (Wildman–Crippen LogP) is 1.47. The van der Waals surface area contributed by atoms with Crippen molar-refractivity contribution in [1.29, 1.82) is 0 Å². The van der Waals surface area contributed by atoms with Crippen molar-refractivity contribution >= 4 is 0 Å². The minimum atomic E-state index is -0.794. The summed E-state index contributed by atoms with van der Waals surface area (Å²) < 4.78 is 12.7. The third-order valence-electron chi connectivity index (χ3n) is 3.11. The van der Waals surface area contributed by atoms with E-state index in [1.54, 1.807) is 12.1 Å². The lowest BCUT2D eigenvalue weighted by Gasteiger charge is -2.26. The quantitative estimate of drug-likeness (QED) is 0.788. The monoisotopic (exact) mass is 209 g/mol. The van der Waals surface area contributed by atoms with Crippen molar-refractivity contribution in [3.63, 3.8) is 0 Å². The molecule has 1 aromatic carbocycles. The third-order valence-corrected chi connectivity index (χ3v) is 3.11. The lowest BCUT2D eigenvalue weighted by Crippen LogP contribution is -2.42. The van der Waals surface area contributed by atoms with Crippen LogP contribution in [0.25, 0.3) is 0 Å². The molecule has 0 radical (unpaired) electrons. The molecule has 3 N–H and O–H groups in total. The molecule has 1 aromatic rings. The smallest absolute Gasteiger partial charge is 0.123 e. The van der Waals surface area contributed by atoms with E-state index in [0.717, 1.165) is 18.4 Å². The molecule has 0 spiro atoms. The molecule has 0 amide bonds. The van der Waals surface area contributed by atoms with E-state index in [1.165, 1.54) is 12.1 Å². The van der Waals surface area contributed by atoms with Crippen LogP contribution >= 0.6 is 0 Å². The standard InChI is InChI=1S/C12H16FNO/c13-11-5-1-9(2-6-11)7-12(15,8-14)10-3-4-10/h1-2,5-6,10,15H,3-4,7-8,14H2. The van der Waals surface area contributed by atoms with Gasteiger partial charge in [-0.2, -0.15) is 0 Å². The maximum Gasteiger partial charge on any atom is 0.123 e. The molecule has 0 bridgehead atoms. The fourth-order valence-corrected chi connectivity index (χ4v) is 1.96. The van der Waals surface area contributed by atoms with Gasteiger partial charge in [0.2, 0.25) is 0 Å². The molecule has 0 aromatic heterocycles. The number of benzene rings is 1. The second kappa shape index (κ2) is 3.91. The highest BCUT2D eigenvalue weighted by Gasteiger charge is 2.42. The van der Waals surface area contributed by atoms with Gasteiger partial charge in [-0.1, -0.05) is 12.1 Å². The van der Waals surface area contributed by atoms with Crippen molar-refractivity contribution in [1.82, 2.24) is 0 Å². The van der Waals surface area contributed by atoms with Gasteiger partial charge in [0.25, 0.3) is 0 Å². The van der Waals surface area contributed by atoms with Crippen LogP contribution in [0.2, 0.25) is 0 Å². The Hall–Kier alpha value is -0.930. The first-order valence-electron chi connectivity index (χ1n) is 5.31. The Labute approximate surface area is 88.9 Å². The number of rotatable bonds is 4. The topological polar surface area (TPSA) is 46.2 Å². The normalized spacial score (nSPS) is 19.9. The molecule has 1 aliphatic carbocycles. The van der Waals surface area contributed by atoms with Gasteiger partial charge < -0.3 is 10.8 Å². The molecule has 0 heterocycles. The van der Waals surface area contributed by atoms with Crippen LogP contribution in [-0.4, -0.2) is 17.3 Å². The first-order valence-corrected chi connectivity index (χ1v) is 5.31. The van der Waals surface area contributed by atoms with Crippen molar-refractivity contribution in [2.45, 2.75) is 24.9 Å². The Morgan fingerprint density at radius 1 is 1.33 bits per heavy atom. The molecule has 1 unspecified atom stereocenters. The van der Waals surface area contributed by atoms with Crippen LogP contribution in [0.5, 0.6) is 0 Å². The van der Waals surface area contributed by atoms with Crippen molar-refractivity contribution in [3.8, 4) is 0 Å². The summed E-state index contributed by atoms with van der Waals surface area (Å²) in [5, 5.41) is 10.3. The molecule has 82 valence electrons. The second-order valence-corrected chi connectivity index (χ2v) is 4.39. The Kier molecular flexibility index (Phi) is 2.76. The number of aliphatic hydroxyl groups is 1. The summed E-state index contributed by atoms with van der Waals surface area (Å²) in [6.45, 7) is 0.273. The molecular weight excluding hydrogens is 193 g/mol. The first kappa shape index (κ1) is 10.6. The van der Waals surface area contributed by atoms with E-state index in [-0.39, 0.29) is 12.4 Å². The highest BCUT2D eigenvalue weighted by atomic mass is 19.1. The minimum Gasteiger partial charge on any atom is -0.388 e. The van der Waals surface area contributed by atoms with Crippen LogP contribution < -0.4 is 5.73 Å². The van der Waals surface area contributed by atoms with E-state index in [9.17, 15) is 9.50 Å². The van der Waals surface area contributed by atoms with Gasteiger partial charge in [0.1, 0.15) is 5.82 Å². The highest BCUT2D eigenvalue weighted by molar-refractivity contribution is 5.19. The van der Waals surface area contributed by atoms with E-state index >= 15 is 0 Å². The molecule has 0 aliphatic heterocycles. The number of nitrogens with two attached hydrogens (primary N) is 1. The Bertz CT molecular complexity index is 334. The molecule has 1 atom stereocenters. The van der Waals surface area contributed by atoms with Crippen LogP contribution in [0.4, 0.5) is 4.39 Å². The highest BCUT2D eigenvalue weighted by Crippen LogP contribution is 2.40. The Morgan fingerprint density at radius 3 is 2.40 bits per heavy atom. The Morgan fingerprint density at radius 2 is 1.93 bits per heavy atom. The van der Waals surface area contributed by atoms with Crippen LogP contribution in [0.1, 0.15) is 18.4 Å². The fourth-order valence-electron chi connectivity index (χ4n) is 1.96. The lowest BCUT2D eigenvalue weighted by molar-refractivity contribution is 0.0267.